The molecule has 6 bridgehead atoms. The fourth-order valence-corrected chi connectivity index (χ4v) is 6.66. The van der Waals surface area contributed by atoms with Gasteiger partial charge in [-0.15, -0.1) is 0 Å². The molecular formula is C33H46ClN3O9. The number of aliphatic hydroxyl groups is 1. The zero-order chi connectivity index (χ0) is 34.2. The van der Waals surface area contributed by atoms with Crippen LogP contribution in [0.3, 0.4) is 0 Å². The van der Waals surface area contributed by atoms with Gasteiger partial charge in [0.2, 0.25) is 5.91 Å². The predicted molar refractivity (Wildman–Crippen MR) is 172 cm³/mol. The summed E-state index contributed by atoms with van der Waals surface area (Å²) in [4.78, 5) is 43.0. The molecule has 12 nitrogen and oxygen atoms in total. The van der Waals surface area contributed by atoms with Crippen molar-refractivity contribution in [3.8, 4) is 5.75 Å². The summed E-state index contributed by atoms with van der Waals surface area (Å²) in [6.45, 7) is 7.16. The van der Waals surface area contributed by atoms with E-state index >= 15 is 0 Å². The third kappa shape index (κ3) is 7.21. The number of esters is 1. The maximum absolute atomic E-state index is 13.9. The van der Waals surface area contributed by atoms with Crippen molar-refractivity contribution in [3.05, 3.63) is 46.5 Å². The number of amides is 2. The molecule has 5 rings (SSSR count). The van der Waals surface area contributed by atoms with E-state index in [-0.39, 0.29) is 30.2 Å². The van der Waals surface area contributed by atoms with Crippen molar-refractivity contribution in [2.24, 2.45) is 0 Å². The number of alkyl carbamates (subject to hydrolysis) is 1. The summed E-state index contributed by atoms with van der Waals surface area (Å²) in [5.41, 5.74) is -1.78. The molecule has 2 saturated heterocycles. The molecule has 1 aromatic rings. The smallest absolute Gasteiger partial charge is 0.409 e. The second-order valence-electron chi connectivity index (χ2n) is 13.1. The Balaban J connectivity index is 1.80. The quantitative estimate of drug-likeness (QED) is 0.448. The number of nitrogens with one attached hydrogen (secondary N) is 1. The van der Waals surface area contributed by atoms with Crippen LogP contribution in [-0.2, 0) is 35.0 Å². The van der Waals surface area contributed by atoms with Crippen molar-refractivity contribution < 1.29 is 43.2 Å². The number of carbonyl (C=O) groups excluding carboxylic acids is 3. The number of anilines is 1. The Morgan fingerprint density at radius 2 is 1.89 bits per heavy atom. The second-order valence-corrected chi connectivity index (χ2v) is 13.5. The number of hydrogen-bond donors (Lipinski definition) is 2. The van der Waals surface area contributed by atoms with Gasteiger partial charge < -0.3 is 33.7 Å². The fourth-order valence-electron chi connectivity index (χ4n) is 6.35. The molecule has 4 aliphatic heterocycles. The summed E-state index contributed by atoms with van der Waals surface area (Å²) in [7, 11) is 8.06. The van der Waals surface area contributed by atoms with Gasteiger partial charge in [-0.3, -0.25) is 19.8 Å². The number of ether oxygens (including phenoxy) is 5. The van der Waals surface area contributed by atoms with Crippen LogP contribution in [0.4, 0.5) is 10.5 Å². The first kappa shape index (κ1) is 35.7. The summed E-state index contributed by atoms with van der Waals surface area (Å²) in [5, 5.41) is 14.4. The largest absolute Gasteiger partial charge is 0.495 e. The Morgan fingerprint density at radius 1 is 1.22 bits per heavy atom. The first-order valence-corrected chi connectivity index (χ1v) is 15.6. The van der Waals surface area contributed by atoms with E-state index in [9.17, 15) is 19.5 Å². The molecule has 0 aliphatic carbocycles. The summed E-state index contributed by atoms with van der Waals surface area (Å²) in [6, 6.07) is 3.04. The van der Waals surface area contributed by atoms with Crippen molar-refractivity contribution in [3.63, 3.8) is 0 Å². The lowest BCUT2D eigenvalue weighted by molar-refractivity contribution is -0.328. The van der Waals surface area contributed by atoms with E-state index in [2.05, 4.69) is 5.32 Å². The van der Waals surface area contributed by atoms with Crippen molar-refractivity contribution in [2.45, 2.75) is 94.7 Å². The lowest BCUT2D eigenvalue weighted by Crippen LogP contribution is -2.72. The molecule has 0 spiro atoms. The van der Waals surface area contributed by atoms with Crippen LogP contribution >= 0.6 is 11.6 Å². The highest BCUT2D eigenvalue weighted by atomic mass is 35.5. The van der Waals surface area contributed by atoms with Crippen LogP contribution in [0.5, 0.6) is 5.75 Å². The number of fused-ring (bicyclic) bond motifs is 6. The monoisotopic (exact) mass is 663 g/mol. The lowest BCUT2D eigenvalue weighted by Gasteiger charge is -2.59. The first-order chi connectivity index (χ1) is 21.4. The van der Waals surface area contributed by atoms with Gasteiger partial charge in [0.1, 0.15) is 46.3 Å². The van der Waals surface area contributed by atoms with Gasteiger partial charge in [0.05, 0.1) is 19.2 Å². The Bertz CT molecular complexity index is 1410. The molecule has 13 heteroatoms. The number of hydrogen-bond acceptors (Lipinski definition) is 10. The Labute approximate surface area is 275 Å². The van der Waals surface area contributed by atoms with E-state index in [1.165, 1.54) is 19.1 Å². The van der Waals surface area contributed by atoms with E-state index < -0.39 is 53.3 Å². The van der Waals surface area contributed by atoms with Crippen LogP contribution in [0.25, 0.3) is 0 Å². The number of nitrogens with zero attached hydrogens (tertiary/aromatic N) is 2. The average Bonchev–Trinajstić information content (AvgIpc) is 2.96. The second kappa shape index (κ2) is 13.5. The number of rotatable bonds is 5. The zero-order valence-electron chi connectivity index (χ0n) is 28.0. The van der Waals surface area contributed by atoms with Gasteiger partial charge in [-0.25, -0.2) is 4.79 Å². The van der Waals surface area contributed by atoms with Gasteiger partial charge in [0.25, 0.3) is 0 Å². The Kier molecular flexibility index (Phi) is 10.5. The minimum absolute atomic E-state index is 0.0508. The van der Waals surface area contributed by atoms with Crippen LogP contribution in [-0.4, -0.2) is 105 Å². The van der Waals surface area contributed by atoms with Crippen molar-refractivity contribution in [1.29, 1.82) is 0 Å². The van der Waals surface area contributed by atoms with E-state index in [0.717, 1.165) is 11.1 Å². The molecule has 4 heterocycles. The van der Waals surface area contributed by atoms with E-state index in [1.54, 1.807) is 59.0 Å². The molecule has 4 aliphatic rings. The standard InChI is InChI=1S/C33H46ClN3O9/c1-19-11-10-12-24(43-9)33(41)17-26(45-30(40)35-33)32(4)18-31(3,46-32)25(44-29(39)20(2)36(5)6)16-27(38)37(7)22-14-21(13-19)15-23(42-8)28(22)34/h10-12,14-15,20,24-26,41H,13,16-18H2,1-9H3,(H,35,40)/b12-10+,19-11+/t20-,24?,25?,26?,31?,32?,33?/m0/s1. The predicted octanol–water partition coefficient (Wildman–Crippen LogP) is 3.76. The summed E-state index contributed by atoms with van der Waals surface area (Å²) in [5.74, 6) is -0.488. The molecule has 6 unspecified atom stereocenters. The minimum atomic E-state index is -1.81. The number of benzene rings is 1. The average molecular weight is 664 g/mol. The van der Waals surface area contributed by atoms with Crippen LogP contribution in [0, 0.1) is 0 Å². The van der Waals surface area contributed by atoms with E-state index in [1.807, 2.05) is 25.1 Å². The van der Waals surface area contributed by atoms with Gasteiger partial charge >= 0.3 is 12.1 Å². The van der Waals surface area contributed by atoms with Gasteiger partial charge in [0.15, 0.2) is 5.72 Å². The van der Waals surface area contributed by atoms with E-state index in [0.29, 0.717) is 17.9 Å². The molecule has 0 radical (unpaired) electrons. The minimum Gasteiger partial charge on any atom is -0.495 e. The van der Waals surface area contributed by atoms with Crippen molar-refractivity contribution in [1.82, 2.24) is 10.2 Å². The number of halogens is 1. The molecule has 2 amide bonds. The third-order valence-electron chi connectivity index (χ3n) is 9.24. The maximum atomic E-state index is 13.9. The zero-order valence-corrected chi connectivity index (χ0v) is 28.8. The fraction of sp³-hybridized carbons (Fsp3) is 0.606. The SMILES string of the molecule is COc1cc2cc(c1Cl)N(C)C(=O)CC(OC(=O)[C@H](C)N(C)C)C1(C)CC(C)(O1)C1CC(O)(NC(=O)O1)C(OC)/C=C/C=C(\C)C2. The molecule has 2 fully saturated rings. The molecule has 254 valence electrons. The highest BCUT2D eigenvalue weighted by Gasteiger charge is 2.63. The Hall–Kier alpha value is -3.16. The summed E-state index contributed by atoms with van der Waals surface area (Å²) in [6.07, 6.45) is 2.13. The van der Waals surface area contributed by atoms with Crippen LogP contribution in [0.15, 0.2) is 35.9 Å². The van der Waals surface area contributed by atoms with Crippen molar-refractivity contribution >= 4 is 35.3 Å². The van der Waals surface area contributed by atoms with Crippen LogP contribution in [0.2, 0.25) is 5.02 Å². The molecule has 0 aromatic heterocycles. The number of likely N-dealkylation sites (N-methyl/N-ethyl adjacent to an activating group) is 1. The number of methoxy groups -OCH3 is 2. The van der Waals surface area contributed by atoms with Gasteiger partial charge in [0, 0.05) is 27.0 Å². The van der Waals surface area contributed by atoms with Crippen molar-refractivity contribution in [2.75, 3.05) is 40.3 Å². The van der Waals surface area contributed by atoms with E-state index in [4.69, 9.17) is 35.3 Å². The molecular weight excluding hydrogens is 618 g/mol. The molecule has 1 aromatic carbocycles. The third-order valence-corrected chi connectivity index (χ3v) is 9.62. The Morgan fingerprint density at radius 3 is 2.50 bits per heavy atom. The molecule has 7 atom stereocenters. The number of carbonyl (C=O) groups is 3. The maximum Gasteiger partial charge on any atom is 0.409 e. The van der Waals surface area contributed by atoms with Gasteiger partial charge in [-0.05, 0) is 65.9 Å². The summed E-state index contributed by atoms with van der Waals surface area (Å²) >= 11 is 6.71. The molecule has 2 N–H and O–H groups in total. The first-order valence-electron chi connectivity index (χ1n) is 15.2. The van der Waals surface area contributed by atoms with Gasteiger partial charge in [-0.1, -0.05) is 35.4 Å². The molecule has 46 heavy (non-hydrogen) atoms. The topological polar surface area (TPSA) is 136 Å². The van der Waals surface area contributed by atoms with Gasteiger partial charge in [-0.2, -0.15) is 0 Å². The van der Waals surface area contributed by atoms with Crippen LogP contribution < -0.4 is 15.0 Å². The number of allylic oxidation sites excluding steroid dienone is 3. The highest BCUT2D eigenvalue weighted by Crippen LogP contribution is 2.50. The lowest BCUT2D eigenvalue weighted by atomic mass is 9.72. The molecule has 0 saturated carbocycles. The van der Waals surface area contributed by atoms with Crippen LogP contribution in [0.1, 0.15) is 52.5 Å². The normalized spacial score (nSPS) is 34.4. The highest BCUT2D eigenvalue weighted by molar-refractivity contribution is 6.35. The summed E-state index contributed by atoms with van der Waals surface area (Å²) < 4.78 is 29.3.